The Bertz CT molecular complexity index is 1120. The molecule has 4 aromatic heterocycles. The van der Waals surface area contributed by atoms with Crippen LogP contribution >= 0.6 is 0 Å². The normalized spacial score (nSPS) is 10.4. The van der Waals surface area contributed by atoms with E-state index in [2.05, 4.69) is 32.1 Å². The molecule has 0 atom stereocenters. The number of pyridine rings is 4. The zero-order valence-corrected chi connectivity index (χ0v) is 16.9. The van der Waals surface area contributed by atoms with Gasteiger partial charge in [-0.2, -0.15) is 0 Å². The molecule has 0 saturated heterocycles. The summed E-state index contributed by atoms with van der Waals surface area (Å²) in [4.78, 5) is 14.4. The van der Waals surface area contributed by atoms with Crippen molar-refractivity contribution in [3.63, 3.8) is 0 Å². The molecule has 0 bridgehead atoms. The summed E-state index contributed by atoms with van der Waals surface area (Å²) in [5.74, 6) is -4.04. The van der Waals surface area contributed by atoms with Gasteiger partial charge in [-0.05, 0) is 23.5 Å². The Morgan fingerprint density at radius 3 is 1.47 bits per heavy atom. The van der Waals surface area contributed by atoms with Gasteiger partial charge in [0.1, 0.15) is 23.8 Å². The van der Waals surface area contributed by atoms with Crippen LogP contribution in [0, 0.1) is 35.9 Å². The van der Waals surface area contributed by atoms with E-state index in [9.17, 15) is 17.6 Å². The minimum Gasteiger partial charge on any atom is -0.422 e. The van der Waals surface area contributed by atoms with Crippen LogP contribution in [0.15, 0.2) is 48.5 Å². The summed E-state index contributed by atoms with van der Waals surface area (Å²) in [7, 11) is 0. The predicted molar refractivity (Wildman–Crippen MR) is 92.5 cm³/mol. The molecule has 0 N–H and O–H groups in total. The first-order valence-electron chi connectivity index (χ1n) is 8.10. The number of rotatable bonds is 4. The second-order valence-corrected chi connectivity index (χ2v) is 5.60. The maximum Gasteiger partial charge on any atom is 2.00 e. The third kappa shape index (κ3) is 4.68. The van der Waals surface area contributed by atoms with Gasteiger partial charge in [-0.1, -0.05) is 47.5 Å². The van der Waals surface area contributed by atoms with E-state index >= 15 is 0 Å². The zero-order chi connectivity index (χ0) is 20.4. The molecule has 0 unspecified atom stereocenters. The Kier molecular flexibility index (Phi) is 6.52. The van der Waals surface area contributed by atoms with Crippen molar-refractivity contribution in [3.8, 4) is 34.3 Å². The van der Waals surface area contributed by atoms with Gasteiger partial charge >= 0.3 is 21.1 Å². The molecule has 0 aliphatic heterocycles. The van der Waals surface area contributed by atoms with Crippen LogP contribution in [-0.4, -0.2) is 19.9 Å². The largest absolute Gasteiger partial charge is 2.00 e. The Morgan fingerprint density at radius 2 is 1.07 bits per heavy atom. The van der Waals surface area contributed by atoms with Crippen molar-refractivity contribution in [3.05, 3.63) is 84.5 Å². The second kappa shape index (κ2) is 9.09. The molecule has 0 saturated carbocycles. The fraction of sp³-hybridized carbons (Fsp3) is 0. The van der Waals surface area contributed by atoms with Crippen LogP contribution in [0.5, 0.6) is 11.8 Å². The number of aromatic nitrogens is 4. The van der Waals surface area contributed by atoms with Crippen LogP contribution in [0.4, 0.5) is 17.6 Å². The summed E-state index contributed by atoms with van der Waals surface area (Å²) in [6.07, 6.45) is 0. The van der Waals surface area contributed by atoms with Crippen LogP contribution in [0.1, 0.15) is 0 Å². The minimum atomic E-state index is -1.07. The third-order valence-electron chi connectivity index (χ3n) is 3.66. The molecule has 0 amide bonds. The fourth-order valence-corrected chi connectivity index (χ4v) is 2.43. The quantitative estimate of drug-likeness (QED) is 0.198. The van der Waals surface area contributed by atoms with Crippen LogP contribution < -0.4 is 4.74 Å². The molecule has 4 rings (SSSR count). The summed E-state index contributed by atoms with van der Waals surface area (Å²) >= 11 is 0. The molecule has 0 aliphatic rings. The van der Waals surface area contributed by atoms with Gasteiger partial charge in [0.25, 0.3) is 0 Å². The molecule has 0 aliphatic carbocycles. The zero-order valence-electron chi connectivity index (χ0n) is 14.6. The van der Waals surface area contributed by atoms with Crippen molar-refractivity contribution in [2.45, 2.75) is 0 Å². The van der Waals surface area contributed by atoms with Gasteiger partial charge in [-0.3, -0.25) is 19.9 Å². The van der Waals surface area contributed by atoms with Crippen molar-refractivity contribution < 1.29 is 43.4 Å². The van der Waals surface area contributed by atoms with Crippen molar-refractivity contribution in [2.24, 2.45) is 0 Å². The number of halogens is 4. The first kappa shape index (κ1) is 21.5. The van der Waals surface area contributed by atoms with Gasteiger partial charge in [0, 0.05) is 0 Å². The molecule has 0 fully saturated rings. The maximum atomic E-state index is 13.9. The molecule has 30 heavy (non-hydrogen) atoms. The molecule has 0 spiro atoms. The van der Waals surface area contributed by atoms with Crippen LogP contribution in [0.2, 0.25) is 0 Å². The minimum absolute atomic E-state index is 0. The molecular formula is C20H8F4N4OPt. The predicted octanol–water partition coefficient (Wildman–Crippen LogP) is 4.55. The molecule has 5 nitrogen and oxygen atoms in total. The van der Waals surface area contributed by atoms with E-state index in [0.717, 1.165) is 12.1 Å². The summed E-state index contributed by atoms with van der Waals surface area (Å²) < 4.78 is 59.2. The van der Waals surface area contributed by atoms with E-state index in [1.54, 1.807) is 0 Å². The van der Waals surface area contributed by atoms with Gasteiger partial charge in [-0.25, -0.2) is 17.6 Å². The van der Waals surface area contributed by atoms with E-state index in [4.69, 9.17) is 4.74 Å². The van der Waals surface area contributed by atoms with E-state index < -0.39 is 23.8 Å². The van der Waals surface area contributed by atoms with Crippen molar-refractivity contribution in [1.29, 1.82) is 0 Å². The van der Waals surface area contributed by atoms with Gasteiger partial charge in [-0.15, -0.1) is 12.1 Å². The van der Waals surface area contributed by atoms with Crippen LogP contribution in [0.25, 0.3) is 22.5 Å². The van der Waals surface area contributed by atoms with E-state index in [1.165, 1.54) is 36.4 Å². The van der Waals surface area contributed by atoms with Gasteiger partial charge in [0.15, 0.2) is 0 Å². The first-order chi connectivity index (χ1) is 14.0. The monoisotopic (exact) mass is 591 g/mol. The Morgan fingerprint density at radius 1 is 0.633 bits per heavy atom. The summed E-state index contributed by atoms with van der Waals surface area (Å²) in [5, 5.41) is 0. The van der Waals surface area contributed by atoms with Crippen molar-refractivity contribution >= 4 is 0 Å². The topological polar surface area (TPSA) is 60.8 Å². The van der Waals surface area contributed by atoms with E-state index in [0.29, 0.717) is 0 Å². The fourth-order valence-electron chi connectivity index (χ4n) is 2.43. The Labute approximate surface area is 182 Å². The van der Waals surface area contributed by atoms with Crippen LogP contribution in [-0.2, 0) is 21.1 Å². The summed E-state index contributed by atoms with van der Waals surface area (Å²) in [5.41, 5.74) is -0.0308. The molecule has 152 valence electrons. The maximum absolute atomic E-state index is 13.9. The van der Waals surface area contributed by atoms with Crippen molar-refractivity contribution in [2.75, 3.05) is 0 Å². The Balaban J connectivity index is 0.00000256. The number of hydrogen-bond donors (Lipinski definition) is 0. The smallest absolute Gasteiger partial charge is 0.422 e. The second-order valence-electron chi connectivity index (χ2n) is 5.60. The van der Waals surface area contributed by atoms with Gasteiger partial charge in [0.2, 0.25) is 11.8 Å². The number of hydrogen-bond acceptors (Lipinski definition) is 5. The molecule has 10 heteroatoms. The van der Waals surface area contributed by atoms with E-state index in [-0.39, 0.29) is 55.3 Å². The molecule has 0 radical (unpaired) electrons. The van der Waals surface area contributed by atoms with Gasteiger partial charge < -0.3 is 4.74 Å². The summed E-state index contributed by atoms with van der Waals surface area (Å²) in [6.45, 7) is 0. The number of nitrogens with zero attached hydrogens (tertiary/aromatic N) is 4. The molecule has 4 aromatic rings. The SMILES string of the molecule is Fc1c[c-]c(-c2cccc(Oc3cccc(-c4[c-]cc(F)nc4F)n3)n2)c(F)n1.[Pt+2]. The Hall–Kier alpha value is -3.19. The summed E-state index contributed by atoms with van der Waals surface area (Å²) in [6, 6.07) is 15.6. The third-order valence-corrected chi connectivity index (χ3v) is 3.66. The first-order valence-corrected chi connectivity index (χ1v) is 8.10. The van der Waals surface area contributed by atoms with Gasteiger partial charge in [0.05, 0.1) is 0 Å². The average Bonchev–Trinajstić information content (AvgIpc) is 2.68. The van der Waals surface area contributed by atoms with Crippen molar-refractivity contribution in [1.82, 2.24) is 19.9 Å². The molecular weight excluding hydrogens is 583 g/mol. The molecule has 0 aromatic carbocycles. The standard InChI is InChI=1S/C20H8F4N4O.Pt/c21-15-9-7-11(19(23)27-15)13-3-1-5-17(25-13)29-18-6-2-4-14(26-18)12-8-10-16(22)28-20(12)24;/h1-6,9-10H;/q-2;+2. The average molecular weight is 591 g/mol. The van der Waals surface area contributed by atoms with Crippen LogP contribution in [0.3, 0.4) is 0 Å². The molecule has 4 heterocycles. The number of ether oxygens (including phenoxy) is 1. The van der Waals surface area contributed by atoms with E-state index in [1.807, 2.05) is 0 Å².